The zero-order valence-corrected chi connectivity index (χ0v) is 22.6. The maximum atomic E-state index is 12.1. The van der Waals surface area contributed by atoms with Crippen LogP contribution in [0.5, 0.6) is 11.5 Å². The SMILES string of the molecule is C=CC(=O)N1CCN(c2ncc3ncnc(Nc4ccc(Oc5ccc6c(c5)ncn6C)c(C)c4)c3n2)[C@@H](C)C1. The minimum absolute atomic E-state index is 0.0460. The Kier molecular flexibility index (Phi) is 6.47. The van der Waals surface area contributed by atoms with Crippen molar-refractivity contribution >= 4 is 45.4 Å². The molecule has 1 aliphatic rings. The summed E-state index contributed by atoms with van der Waals surface area (Å²) in [5.41, 5.74) is 4.99. The van der Waals surface area contributed by atoms with Crippen molar-refractivity contribution < 1.29 is 9.53 Å². The third-order valence-electron chi connectivity index (χ3n) is 7.10. The second kappa shape index (κ2) is 10.3. The molecule has 1 saturated heterocycles. The molecule has 5 aromatic rings. The fraction of sp³-hybridized carbons (Fsp3) is 0.241. The molecular formula is C29H29N9O2. The van der Waals surface area contributed by atoms with E-state index in [1.807, 2.05) is 54.9 Å². The first-order valence-electron chi connectivity index (χ1n) is 13.0. The van der Waals surface area contributed by atoms with Crippen LogP contribution in [0.2, 0.25) is 0 Å². The standard InChI is InChI=1S/C29H29N9O2/c1-5-26(39)37-10-11-38(19(3)15-37)29-30-14-23-27(35-29)28(32-16-31-23)34-20-6-9-25(18(2)12-20)40-21-7-8-24-22(13-21)33-17-36(24)4/h5-9,12-14,16-17,19H,1,10-11,15H2,2-4H3,(H,31,32,34)/t19-/m0/s1. The molecule has 1 atom stereocenters. The van der Waals surface area contributed by atoms with Gasteiger partial charge in [-0.05, 0) is 55.8 Å². The average Bonchev–Trinajstić information content (AvgIpc) is 3.33. The number of anilines is 3. The molecule has 11 nitrogen and oxygen atoms in total. The number of aromatic nitrogens is 6. The first-order valence-corrected chi connectivity index (χ1v) is 13.0. The van der Waals surface area contributed by atoms with Gasteiger partial charge in [-0.15, -0.1) is 0 Å². The number of aryl methyl sites for hydroxylation is 2. The van der Waals surface area contributed by atoms with Crippen molar-refractivity contribution in [3.05, 3.63) is 73.5 Å². The Labute approximate surface area is 231 Å². The fourth-order valence-electron chi connectivity index (χ4n) is 4.94. The Morgan fingerprint density at radius 1 is 1.10 bits per heavy atom. The van der Waals surface area contributed by atoms with Crippen molar-refractivity contribution in [2.75, 3.05) is 29.9 Å². The number of ether oxygens (including phenoxy) is 1. The molecule has 11 heteroatoms. The number of hydrogen-bond acceptors (Lipinski definition) is 9. The van der Waals surface area contributed by atoms with Gasteiger partial charge in [0.05, 0.1) is 23.6 Å². The minimum atomic E-state index is -0.0631. The van der Waals surface area contributed by atoms with Crippen LogP contribution in [0.4, 0.5) is 17.5 Å². The van der Waals surface area contributed by atoms with Crippen molar-refractivity contribution in [3.8, 4) is 11.5 Å². The summed E-state index contributed by atoms with van der Waals surface area (Å²) in [6.45, 7) is 9.42. The van der Waals surface area contributed by atoms with Crippen LogP contribution in [0.15, 0.2) is 67.9 Å². The molecular weight excluding hydrogens is 506 g/mol. The van der Waals surface area contributed by atoms with Crippen LogP contribution in [0.3, 0.4) is 0 Å². The Bertz CT molecular complexity index is 1750. The van der Waals surface area contributed by atoms with E-state index >= 15 is 0 Å². The fourth-order valence-corrected chi connectivity index (χ4v) is 4.94. The van der Waals surface area contributed by atoms with Crippen LogP contribution in [0, 0.1) is 6.92 Å². The van der Waals surface area contributed by atoms with Crippen LogP contribution in [-0.2, 0) is 11.8 Å². The quantitative estimate of drug-likeness (QED) is 0.317. The van der Waals surface area contributed by atoms with Crippen molar-refractivity contribution in [1.29, 1.82) is 0 Å². The van der Waals surface area contributed by atoms with Crippen LogP contribution in [-0.4, -0.2) is 66.0 Å². The van der Waals surface area contributed by atoms with E-state index in [0.29, 0.717) is 42.4 Å². The smallest absolute Gasteiger partial charge is 0.246 e. The van der Waals surface area contributed by atoms with Crippen molar-refractivity contribution in [2.45, 2.75) is 19.9 Å². The topological polar surface area (TPSA) is 114 Å². The first kappa shape index (κ1) is 25.2. The summed E-state index contributed by atoms with van der Waals surface area (Å²) < 4.78 is 8.14. The Morgan fingerprint density at radius 2 is 1.98 bits per heavy atom. The number of piperazine rings is 1. The van der Waals surface area contributed by atoms with Gasteiger partial charge in [0.1, 0.15) is 28.9 Å². The monoisotopic (exact) mass is 535 g/mol. The number of amides is 1. The lowest BCUT2D eigenvalue weighted by atomic mass is 10.2. The molecule has 1 amide bonds. The minimum Gasteiger partial charge on any atom is -0.457 e. The van der Waals surface area contributed by atoms with Gasteiger partial charge in [0.15, 0.2) is 5.82 Å². The third kappa shape index (κ3) is 4.77. The number of benzene rings is 2. The van der Waals surface area contributed by atoms with Crippen molar-refractivity contribution in [2.24, 2.45) is 7.05 Å². The molecule has 0 unspecified atom stereocenters. The molecule has 3 aromatic heterocycles. The zero-order chi connectivity index (χ0) is 27.8. The highest BCUT2D eigenvalue weighted by Gasteiger charge is 2.27. The summed E-state index contributed by atoms with van der Waals surface area (Å²) in [4.78, 5) is 38.6. The van der Waals surface area contributed by atoms with Crippen molar-refractivity contribution in [1.82, 2.24) is 34.4 Å². The highest BCUT2D eigenvalue weighted by molar-refractivity contribution is 5.88. The van der Waals surface area contributed by atoms with Crippen LogP contribution in [0.25, 0.3) is 22.1 Å². The van der Waals surface area contributed by atoms with E-state index < -0.39 is 0 Å². The lowest BCUT2D eigenvalue weighted by Gasteiger charge is -2.39. The van der Waals surface area contributed by atoms with Gasteiger partial charge in [-0.2, -0.15) is 0 Å². The summed E-state index contributed by atoms with van der Waals surface area (Å²) in [6.07, 6.45) is 6.34. The second-order valence-corrected chi connectivity index (χ2v) is 9.87. The molecule has 1 aliphatic heterocycles. The number of nitrogens with one attached hydrogen (secondary N) is 1. The van der Waals surface area contributed by atoms with Gasteiger partial charge in [-0.25, -0.2) is 24.9 Å². The molecule has 0 spiro atoms. The van der Waals surface area contributed by atoms with Gasteiger partial charge in [0.25, 0.3) is 0 Å². The first-order chi connectivity index (χ1) is 19.4. The van der Waals surface area contributed by atoms with Crippen molar-refractivity contribution in [3.63, 3.8) is 0 Å². The normalized spacial score (nSPS) is 15.4. The molecule has 1 fully saturated rings. The molecule has 0 radical (unpaired) electrons. The van der Waals surface area contributed by atoms with E-state index in [0.717, 1.165) is 33.8 Å². The molecule has 0 saturated carbocycles. The number of imidazole rings is 1. The summed E-state index contributed by atoms with van der Waals surface area (Å²) in [7, 11) is 1.97. The molecule has 4 heterocycles. The third-order valence-corrected chi connectivity index (χ3v) is 7.10. The predicted octanol–water partition coefficient (Wildman–Crippen LogP) is 4.37. The second-order valence-electron chi connectivity index (χ2n) is 9.87. The van der Waals surface area contributed by atoms with Crippen LogP contribution < -0.4 is 15.0 Å². The number of nitrogens with zero attached hydrogens (tertiary/aromatic N) is 8. The van der Waals surface area contributed by atoms with E-state index in [1.54, 1.807) is 17.4 Å². The largest absolute Gasteiger partial charge is 0.457 e. The van der Waals surface area contributed by atoms with Gasteiger partial charge in [0, 0.05) is 44.5 Å². The van der Waals surface area contributed by atoms with E-state index in [2.05, 4.69) is 43.7 Å². The van der Waals surface area contributed by atoms with Gasteiger partial charge in [-0.1, -0.05) is 6.58 Å². The van der Waals surface area contributed by atoms with E-state index in [9.17, 15) is 4.79 Å². The predicted molar refractivity (Wildman–Crippen MR) is 154 cm³/mol. The molecule has 40 heavy (non-hydrogen) atoms. The lowest BCUT2D eigenvalue weighted by molar-refractivity contribution is -0.126. The number of fused-ring (bicyclic) bond motifs is 2. The molecule has 1 N–H and O–H groups in total. The summed E-state index contributed by atoms with van der Waals surface area (Å²) in [6, 6.07) is 11.8. The number of carbonyl (C=O) groups excluding carboxylic acids is 1. The Balaban J connectivity index is 1.22. The van der Waals surface area contributed by atoms with Crippen LogP contribution >= 0.6 is 0 Å². The lowest BCUT2D eigenvalue weighted by Crippen LogP contribution is -2.54. The Hall–Kier alpha value is -5.06. The maximum Gasteiger partial charge on any atom is 0.246 e. The highest BCUT2D eigenvalue weighted by Crippen LogP contribution is 2.31. The van der Waals surface area contributed by atoms with E-state index in [4.69, 9.17) is 9.72 Å². The van der Waals surface area contributed by atoms with E-state index in [1.165, 1.54) is 12.4 Å². The molecule has 2 aromatic carbocycles. The summed E-state index contributed by atoms with van der Waals surface area (Å²) in [5, 5.41) is 3.38. The molecule has 0 aliphatic carbocycles. The van der Waals surface area contributed by atoms with Gasteiger partial charge in [-0.3, -0.25) is 4.79 Å². The number of rotatable bonds is 6. The summed E-state index contributed by atoms with van der Waals surface area (Å²) in [5.74, 6) is 2.57. The van der Waals surface area contributed by atoms with E-state index in [-0.39, 0.29) is 11.9 Å². The maximum absolute atomic E-state index is 12.1. The molecule has 0 bridgehead atoms. The van der Waals surface area contributed by atoms with Gasteiger partial charge in [0.2, 0.25) is 11.9 Å². The summed E-state index contributed by atoms with van der Waals surface area (Å²) >= 11 is 0. The Morgan fingerprint density at radius 3 is 2.77 bits per heavy atom. The van der Waals surface area contributed by atoms with Crippen LogP contribution in [0.1, 0.15) is 12.5 Å². The number of carbonyl (C=O) groups is 1. The zero-order valence-electron chi connectivity index (χ0n) is 22.6. The molecule has 202 valence electrons. The van der Waals surface area contributed by atoms with Gasteiger partial charge >= 0.3 is 0 Å². The highest BCUT2D eigenvalue weighted by atomic mass is 16.5. The van der Waals surface area contributed by atoms with Gasteiger partial charge < -0.3 is 24.4 Å². The number of hydrogen-bond donors (Lipinski definition) is 1. The average molecular weight is 536 g/mol. The molecule has 6 rings (SSSR count).